The van der Waals surface area contributed by atoms with Crippen LogP contribution >= 0.6 is 15.9 Å². The summed E-state index contributed by atoms with van der Waals surface area (Å²) in [4.78, 5) is 12.4. The highest BCUT2D eigenvalue weighted by atomic mass is 79.9. The second kappa shape index (κ2) is 6.15. The molecular formula is C15H14BrN3O4S. The number of hydrogen-bond donors (Lipinski definition) is 1. The van der Waals surface area contributed by atoms with Gasteiger partial charge in [-0.2, -0.15) is 0 Å². The van der Waals surface area contributed by atoms with Crippen LogP contribution in [0.4, 0.5) is 11.4 Å². The highest BCUT2D eigenvalue weighted by Crippen LogP contribution is 2.35. The third kappa shape index (κ3) is 3.14. The zero-order chi connectivity index (χ0) is 17.5. The molecule has 0 saturated heterocycles. The Morgan fingerprint density at radius 2 is 2.00 bits per heavy atom. The molecule has 1 aliphatic rings. The molecular weight excluding hydrogens is 398 g/mol. The number of nitro groups is 1. The molecule has 0 atom stereocenters. The average Bonchev–Trinajstić information content (AvgIpc) is 2.53. The number of fused-ring (bicyclic) bond motifs is 1. The molecule has 24 heavy (non-hydrogen) atoms. The number of primary sulfonamides is 1. The molecule has 0 spiro atoms. The number of halogens is 1. The monoisotopic (exact) mass is 411 g/mol. The highest BCUT2D eigenvalue weighted by Gasteiger charge is 2.26. The molecule has 0 unspecified atom stereocenters. The van der Waals surface area contributed by atoms with Crippen LogP contribution in [0, 0.1) is 10.1 Å². The maximum atomic E-state index is 11.4. The van der Waals surface area contributed by atoms with Gasteiger partial charge in [-0.3, -0.25) is 10.1 Å². The van der Waals surface area contributed by atoms with E-state index in [1.54, 1.807) is 0 Å². The Hall–Kier alpha value is -1.97. The van der Waals surface area contributed by atoms with Gasteiger partial charge in [-0.15, -0.1) is 0 Å². The zero-order valence-electron chi connectivity index (χ0n) is 12.5. The molecule has 0 aromatic heterocycles. The van der Waals surface area contributed by atoms with E-state index in [0.29, 0.717) is 18.8 Å². The number of anilines is 1. The van der Waals surface area contributed by atoms with Crippen LogP contribution in [-0.2, 0) is 23.0 Å². The minimum absolute atomic E-state index is 0.267. The molecule has 7 nitrogen and oxygen atoms in total. The summed E-state index contributed by atoms with van der Waals surface area (Å²) in [5, 5.41) is 16.5. The van der Waals surface area contributed by atoms with Gasteiger partial charge in [-0.1, -0.05) is 28.1 Å². The van der Waals surface area contributed by atoms with Crippen molar-refractivity contribution in [3.05, 3.63) is 62.1 Å². The van der Waals surface area contributed by atoms with Crippen molar-refractivity contribution in [3.63, 3.8) is 0 Å². The van der Waals surface area contributed by atoms with Crippen molar-refractivity contribution in [2.75, 3.05) is 11.4 Å². The van der Waals surface area contributed by atoms with Crippen LogP contribution in [0.3, 0.4) is 0 Å². The van der Waals surface area contributed by atoms with E-state index in [9.17, 15) is 18.5 Å². The predicted octanol–water partition coefficient (Wildman–Crippen LogP) is 2.57. The van der Waals surface area contributed by atoms with Gasteiger partial charge in [-0.05, 0) is 35.7 Å². The lowest BCUT2D eigenvalue weighted by Crippen LogP contribution is -2.31. The summed E-state index contributed by atoms with van der Waals surface area (Å²) in [6, 6.07) is 9.69. The van der Waals surface area contributed by atoms with Crippen LogP contribution in [0.5, 0.6) is 0 Å². The summed E-state index contributed by atoms with van der Waals surface area (Å²) >= 11 is 3.51. The first-order chi connectivity index (χ1) is 11.3. The van der Waals surface area contributed by atoms with Crippen molar-refractivity contribution in [1.29, 1.82) is 0 Å². The second-order valence-electron chi connectivity index (χ2n) is 5.50. The maximum Gasteiger partial charge on any atom is 0.293 e. The standard InChI is InChI=1S/C15H14BrN3O4S/c16-13-3-1-2-10-6-7-18(9-12(10)13)14-5-4-11(24(17,22)23)8-15(14)19(20)21/h1-5,8H,6-7,9H2,(H2,17,22,23). The van der Waals surface area contributed by atoms with E-state index >= 15 is 0 Å². The zero-order valence-corrected chi connectivity index (χ0v) is 14.9. The van der Waals surface area contributed by atoms with Gasteiger partial charge in [0.05, 0.1) is 9.82 Å². The lowest BCUT2D eigenvalue weighted by atomic mass is 9.99. The van der Waals surface area contributed by atoms with Crippen LogP contribution in [-0.4, -0.2) is 19.9 Å². The van der Waals surface area contributed by atoms with Gasteiger partial charge in [0.2, 0.25) is 10.0 Å². The van der Waals surface area contributed by atoms with Crippen molar-refractivity contribution in [2.45, 2.75) is 17.9 Å². The summed E-state index contributed by atoms with van der Waals surface area (Å²) in [5.41, 5.74) is 2.39. The lowest BCUT2D eigenvalue weighted by molar-refractivity contribution is -0.384. The van der Waals surface area contributed by atoms with Gasteiger partial charge in [0.15, 0.2) is 0 Å². The fourth-order valence-corrected chi connectivity index (χ4v) is 3.91. The van der Waals surface area contributed by atoms with Gasteiger partial charge in [-0.25, -0.2) is 13.6 Å². The molecule has 0 bridgehead atoms. The second-order valence-corrected chi connectivity index (χ2v) is 7.92. The molecule has 0 saturated carbocycles. The molecule has 1 heterocycles. The molecule has 0 radical (unpaired) electrons. The van der Waals surface area contributed by atoms with E-state index in [1.807, 2.05) is 23.1 Å². The Morgan fingerprint density at radius 1 is 1.25 bits per heavy atom. The van der Waals surface area contributed by atoms with Crippen molar-refractivity contribution in [2.24, 2.45) is 5.14 Å². The van der Waals surface area contributed by atoms with Crippen LogP contribution in [0.2, 0.25) is 0 Å². The van der Waals surface area contributed by atoms with E-state index in [2.05, 4.69) is 15.9 Å². The molecule has 126 valence electrons. The fourth-order valence-electron chi connectivity index (χ4n) is 2.84. The Morgan fingerprint density at radius 3 is 2.67 bits per heavy atom. The Balaban J connectivity index is 2.04. The van der Waals surface area contributed by atoms with E-state index in [4.69, 9.17) is 5.14 Å². The number of hydrogen-bond acceptors (Lipinski definition) is 5. The van der Waals surface area contributed by atoms with Crippen LogP contribution in [0.15, 0.2) is 45.8 Å². The number of sulfonamides is 1. The van der Waals surface area contributed by atoms with Crippen molar-refractivity contribution >= 4 is 37.3 Å². The largest absolute Gasteiger partial charge is 0.361 e. The minimum Gasteiger partial charge on any atom is -0.361 e. The quantitative estimate of drug-likeness (QED) is 0.616. The molecule has 0 fully saturated rings. The molecule has 9 heteroatoms. The third-order valence-electron chi connectivity index (χ3n) is 4.03. The van der Waals surface area contributed by atoms with Crippen LogP contribution in [0.1, 0.15) is 11.1 Å². The molecule has 2 N–H and O–H groups in total. The lowest BCUT2D eigenvalue weighted by Gasteiger charge is -2.31. The van der Waals surface area contributed by atoms with Crippen LogP contribution in [0.25, 0.3) is 0 Å². The number of benzene rings is 2. The first kappa shape index (κ1) is 16.9. The van der Waals surface area contributed by atoms with Crippen molar-refractivity contribution < 1.29 is 13.3 Å². The molecule has 1 aliphatic heterocycles. The summed E-state index contributed by atoms with van der Waals surface area (Å²) < 4.78 is 23.8. The van der Waals surface area contributed by atoms with Crippen LogP contribution < -0.4 is 10.0 Å². The Bertz CT molecular complexity index is 930. The molecule has 0 amide bonds. The fraction of sp³-hybridized carbons (Fsp3) is 0.200. The van der Waals surface area contributed by atoms with Crippen molar-refractivity contribution in [1.82, 2.24) is 0 Å². The average molecular weight is 412 g/mol. The molecule has 2 aromatic carbocycles. The summed E-state index contributed by atoms with van der Waals surface area (Å²) in [7, 11) is -3.99. The van der Waals surface area contributed by atoms with E-state index in [-0.39, 0.29) is 10.6 Å². The third-order valence-corrected chi connectivity index (χ3v) is 5.68. The smallest absolute Gasteiger partial charge is 0.293 e. The first-order valence-electron chi connectivity index (χ1n) is 7.10. The summed E-state index contributed by atoms with van der Waals surface area (Å²) in [5.74, 6) is 0. The molecule has 0 aliphatic carbocycles. The van der Waals surface area contributed by atoms with Gasteiger partial charge >= 0.3 is 0 Å². The van der Waals surface area contributed by atoms with Gasteiger partial charge in [0.1, 0.15) is 5.69 Å². The van der Waals surface area contributed by atoms with E-state index < -0.39 is 14.9 Å². The first-order valence-corrected chi connectivity index (χ1v) is 9.44. The number of nitrogens with two attached hydrogens (primary N) is 1. The van der Waals surface area contributed by atoms with Gasteiger partial charge in [0.25, 0.3) is 5.69 Å². The minimum atomic E-state index is -3.99. The number of rotatable bonds is 3. The highest BCUT2D eigenvalue weighted by molar-refractivity contribution is 9.10. The summed E-state index contributed by atoms with van der Waals surface area (Å²) in [6.07, 6.45) is 0.753. The van der Waals surface area contributed by atoms with Crippen molar-refractivity contribution in [3.8, 4) is 0 Å². The topological polar surface area (TPSA) is 107 Å². The summed E-state index contributed by atoms with van der Waals surface area (Å²) in [6.45, 7) is 1.12. The Labute approximate surface area is 147 Å². The maximum absolute atomic E-state index is 11.4. The van der Waals surface area contributed by atoms with E-state index in [1.165, 1.54) is 17.7 Å². The molecule has 2 aromatic rings. The SMILES string of the molecule is NS(=O)(=O)c1ccc(N2CCc3cccc(Br)c3C2)c([N+](=O)[O-])c1. The normalized spacial score (nSPS) is 14.3. The van der Waals surface area contributed by atoms with Gasteiger partial charge < -0.3 is 4.90 Å². The van der Waals surface area contributed by atoms with Gasteiger partial charge in [0, 0.05) is 23.6 Å². The number of nitrogens with zero attached hydrogens (tertiary/aromatic N) is 2. The van der Waals surface area contributed by atoms with E-state index in [0.717, 1.165) is 22.5 Å². The molecule has 3 rings (SSSR count). The predicted molar refractivity (Wildman–Crippen MR) is 93.4 cm³/mol. The number of nitro benzene ring substituents is 1. The Kier molecular flexibility index (Phi) is 4.33.